The topological polar surface area (TPSA) is 75.6 Å². The lowest BCUT2D eigenvalue weighted by Gasteiger charge is -2.11. The second-order valence-corrected chi connectivity index (χ2v) is 5.42. The molecule has 0 saturated heterocycles. The van der Waals surface area contributed by atoms with Crippen LogP contribution in [0.5, 0.6) is 0 Å². The zero-order chi connectivity index (χ0) is 17.2. The van der Waals surface area contributed by atoms with Crippen molar-refractivity contribution in [2.75, 3.05) is 0 Å². The summed E-state index contributed by atoms with van der Waals surface area (Å²) < 4.78 is 5.74. The largest absolute Gasteiger partial charge is 0.481 e. The van der Waals surface area contributed by atoms with Crippen molar-refractivity contribution in [3.63, 3.8) is 0 Å². The van der Waals surface area contributed by atoms with E-state index < -0.39 is 5.97 Å². The molecule has 24 heavy (non-hydrogen) atoms. The van der Waals surface area contributed by atoms with Gasteiger partial charge in [0.2, 0.25) is 5.91 Å². The van der Waals surface area contributed by atoms with Crippen LogP contribution in [-0.4, -0.2) is 17.0 Å². The summed E-state index contributed by atoms with van der Waals surface area (Å²) in [5, 5.41) is 11.3. The van der Waals surface area contributed by atoms with Gasteiger partial charge in [0.1, 0.15) is 0 Å². The van der Waals surface area contributed by atoms with E-state index in [2.05, 4.69) is 5.32 Å². The van der Waals surface area contributed by atoms with Crippen LogP contribution < -0.4 is 5.32 Å². The highest BCUT2D eigenvalue weighted by atomic mass is 16.5. The summed E-state index contributed by atoms with van der Waals surface area (Å²) in [4.78, 5) is 22.1. The van der Waals surface area contributed by atoms with E-state index in [9.17, 15) is 9.59 Å². The molecule has 2 rings (SSSR count). The maximum absolute atomic E-state index is 11.6. The molecule has 0 spiro atoms. The van der Waals surface area contributed by atoms with Gasteiger partial charge < -0.3 is 15.2 Å². The maximum atomic E-state index is 11.6. The van der Waals surface area contributed by atoms with E-state index in [1.165, 1.54) is 0 Å². The molecular formula is C19H21NO4. The van der Waals surface area contributed by atoms with Crippen LogP contribution in [0.15, 0.2) is 54.6 Å². The van der Waals surface area contributed by atoms with Crippen molar-refractivity contribution in [3.8, 4) is 0 Å². The Labute approximate surface area is 141 Å². The molecule has 0 bridgehead atoms. The number of carbonyl (C=O) groups is 2. The van der Waals surface area contributed by atoms with Crippen molar-refractivity contribution < 1.29 is 19.4 Å². The number of amides is 1. The molecule has 0 saturated carbocycles. The Bertz CT molecular complexity index is 670. The zero-order valence-electron chi connectivity index (χ0n) is 13.4. The van der Waals surface area contributed by atoms with Crippen LogP contribution in [-0.2, 0) is 34.1 Å². The Kier molecular flexibility index (Phi) is 6.98. The first-order chi connectivity index (χ1) is 11.6. The zero-order valence-corrected chi connectivity index (χ0v) is 13.4. The standard InChI is InChI=1S/C19H21NO4/c21-18(10-11-19(22)23)20-12-16-8-4-5-9-17(16)14-24-13-15-6-2-1-3-7-15/h1-9H,10-14H2,(H,20,21)(H,22,23). The first kappa shape index (κ1) is 17.7. The predicted molar refractivity (Wildman–Crippen MR) is 90.1 cm³/mol. The van der Waals surface area contributed by atoms with Crippen LogP contribution in [0.3, 0.4) is 0 Å². The number of aliphatic carboxylic acids is 1. The number of hydrogen-bond acceptors (Lipinski definition) is 3. The van der Waals surface area contributed by atoms with E-state index in [-0.39, 0.29) is 18.7 Å². The van der Waals surface area contributed by atoms with Crippen LogP contribution in [0, 0.1) is 0 Å². The first-order valence-corrected chi connectivity index (χ1v) is 7.82. The fourth-order valence-electron chi connectivity index (χ4n) is 2.23. The molecule has 5 nitrogen and oxygen atoms in total. The van der Waals surface area contributed by atoms with Gasteiger partial charge in [-0.15, -0.1) is 0 Å². The Morgan fingerprint density at radius 1 is 0.875 bits per heavy atom. The highest BCUT2D eigenvalue weighted by molar-refractivity contribution is 5.80. The number of hydrogen-bond donors (Lipinski definition) is 2. The summed E-state index contributed by atoms with van der Waals surface area (Å²) in [6.45, 7) is 1.35. The summed E-state index contributed by atoms with van der Waals surface area (Å²) in [5.41, 5.74) is 3.08. The van der Waals surface area contributed by atoms with Crippen LogP contribution in [0.2, 0.25) is 0 Å². The molecule has 5 heteroatoms. The molecular weight excluding hydrogens is 306 g/mol. The average molecular weight is 327 g/mol. The second-order valence-electron chi connectivity index (χ2n) is 5.42. The molecule has 126 valence electrons. The molecule has 0 aliphatic rings. The van der Waals surface area contributed by atoms with Crippen molar-refractivity contribution in [2.45, 2.75) is 32.6 Å². The van der Waals surface area contributed by atoms with Crippen molar-refractivity contribution >= 4 is 11.9 Å². The van der Waals surface area contributed by atoms with Gasteiger partial charge in [0.15, 0.2) is 0 Å². The minimum absolute atomic E-state index is 0.0119. The molecule has 2 aromatic rings. The summed E-state index contributed by atoms with van der Waals surface area (Å²) in [5.74, 6) is -1.24. The third-order valence-corrected chi connectivity index (χ3v) is 3.53. The van der Waals surface area contributed by atoms with Gasteiger partial charge in [0.05, 0.1) is 19.6 Å². The molecule has 0 fully saturated rings. The van der Waals surface area contributed by atoms with Gasteiger partial charge in [0.25, 0.3) is 0 Å². The molecule has 2 N–H and O–H groups in total. The van der Waals surface area contributed by atoms with E-state index >= 15 is 0 Å². The molecule has 0 aliphatic heterocycles. The van der Waals surface area contributed by atoms with Gasteiger partial charge in [0, 0.05) is 13.0 Å². The Balaban J connectivity index is 1.83. The van der Waals surface area contributed by atoms with Crippen molar-refractivity contribution in [1.82, 2.24) is 5.32 Å². The Hall–Kier alpha value is -2.66. The highest BCUT2D eigenvalue weighted by Gasteiger charge is 2.07. The molecule has 0 atom stereocenters. The molecule has 0 heterocycles. The number of benzene rings is 2. The lowest BCUT2D eigenvalue weighted by atomic mass is 10.1. The minimum Gasteiger partial charge on any atom is -0.481 e. The number of carboxylic acid groups (broad SMARTS) is 1. The minimum atomic E-state index is -0.972. The Morgan fingerprint density at radius 2 is 1.54 bits per heavy atom. The quantitative estimate of drug-likeness (QED) is 0.742. The average Bonchev–Trinajstić information content (AvgIpc) is 2.60. The normalized spacial score (nSPS) is 10.3. The lowest BCUT2D eigenvalue weighted by Crippen LogP contribution is -2.23. The molecule has 2 aromatic carbocycles. The van der Waals surface area contributed by atoms with Gasteiger partial charge >= 0.3 is 5.97 Å². The van der Waals surface area contributed by atoms with Gasteiger partial charge in [-0.25, -0.2) is 0 Å². The van der Waals surface area contributed by atoms with E-state index in [1.807, 2.05) is 54.6 Å². The van der Waals surface area contributed by atoms with Crippen molar-refractivity contribution in [3.05, 3.63) is 71.3 Å². The number of nitrogens with one attached hydrogen (secondary N) is 1. The second kappa shape index (κ2) is 9.47. The third-order valence-electron chi connectivity index (χ3n) is 3.53. The summed E-state index contributed by atoms with van der Waals surface area (Å²) in [7, 11) is 0. The first-order valence-electron chi connectivity index (χ1n) is 7.82. The van der Waals surface area contributed by atoms with E-state index in [0.717, 1.165) is 16.7 Å². The lowest BCUT2D eigenvalue weighted by molar-refractivity contribution is -0.138. The molecule has 0 radical (unpaired) electrons. The number of carbonyl (C=O) groups excluding carboxylic acids is 1. The fraction of sp³-hybridized carbons (Fsp3) is 0.263. The SMILES string of the molecule is O=C(O)CCC(=O)NCc1ccccc1COCc1ccccc1. The molecule has 0 aliphatic carbocycles. The fourth-order valence-corrected chi connectivity index (χ4v) is 2.23. The summed E-state index contributed by atoms with van der Waals surface area (Å²) in [6, 6.07) is 17.6. The van der Waals surface area contributed by atoms with Crippen LogP contribution in [0.4, 0.5) is 0 Å². The monoisotopic (exact) mass is 327 g/mol. The molecule has 1 amide bonds. The van der Waals surface area contributed by atoms with Gasteiger partial charge in [-0.2, -0.15) is 0 Å². The number of rotatable bonds is 9. The van der Waals surface area contributed by atoms with Gasteiger partial charge in [-0.05, 0) is 16.7 Å². The van der Waals surface area contributed by atoms with Crippen molar-refractivity contribution in [1.29, 1.82) is 0 Å². The Morgan fingerprint density at radius 3 is 2.25 bits per heavy atom. The molecule has 0 unspecified atom stereocenters. The smallest absolute Gasteiger partial charge is 0.303 e. The van der Waals surface area contributed by atoms with Crippen molar-refractivity contribution in [2.24, 2.45) is 0 Å². The maximum Gasteiger partial charge on any atom is 0.303 e. The van der Waals surface area contributed by atoms with Gasteiger partial charge in [-0.1, -0.05) is 54.6 Å². The van der Waals surface area contributed by atoms with E-state index in [4.69, 9.17) is 9.84 Å². The summed E-state index contributed by atoms with van der Waals surface area (Å²) >= 11 is 0. The van der Waals surface area contributed by atoms with E-state index in [1.54, 1.807) is 0 Å². The summed E-state index contributed by atoms with van der Waals surface area (Å²) in [6.07, 6.45) is -0.171. The van der Waals surface area contributed by atoms with Crippen LogP contribution in [0.25, 0.3) is 0 Å². The van der Waals surface area contributed by atoms with E-state index in [0.29, 0.717) is 19.8 Å². The highest BCUT2D eigenvalue weighted by Crippen LogP contribution is 2.12. The number of ether oxygens (including phenoxy) is 1. The predicted octanol–water partition coefficient (Wildman–Crippen LogP) is 2.88. The molecule has 0 aromatic heterocycles. The number of carboxylic acids is 1. The third kappa shape index (κ3) is 6.22. The van der Waals surface area contributed by atoms with Crippen LogP contribution >= 0.6 is 0 Å². The van der Waals surface area contributed by atoms with Gasteiger partial charge in [-0.3, -0.25) is 9.59 Å². The van der Waals surface area contributed by atoms with Crippen LogP contribution in [0.1, 0.15) is 29.5 Å².